The Hall–Kier alpha value is -0.770. The molecule has 0 atom stereocenters. The van der Waals surface area contributed by atoms with E-state index in [0.717, 1.165) is 5.75 Å². The third kappa shape index (κ3) is 4.19. The van der Waals surface area contributed by atoms with E-state index in [-0.39, 0.29) is 11.7 Å². The quantitative estimate of drug-likeness (QED) is 0.429. The first-order chi connectivity index (χ1) is 8.22. The lowest BCUT2D eigenvalue weighted by Crippen LogP contribution is -2.10. The lowest BCUT2D eigenvalue weighted by Gasteiger charge is -2.09. The number of aromatic nitrogens is 2. The second kappa shape index (κ2) is 7.54. The SMILES string of the molecule is COC(=O)c1ncc(OC)c(OCCSI)n1. The highest BCUT2D eigenvalue weighted by Crippen LogP contribution is 2.23. The molecule has 0 fully saturated rings. The van der Waals surface area contributed by atoms with Crippen molar-refractivity contribution in [3.05, 3.63) is 12.0 Å². The maximum Gasteiger partial charge on any atom is 0.376 e. The monoisotopic (exact) mass is 370 g/mol. The summed E-state index contributed by atoms with van der Waals surface area (Å²) in [6.45, 7) is 0.474. The molecule has 94 valence electrons. The van der Waals surface area contributed by atoms with Crippen LogP contribution in [0.1, 0.15) is 10.6 Å². The predicted octanol–water partition coefficient (Wildman–Crippen LogP) is 1.73. The summed E-state index contributed by atoms with van der Waals surface area (Å²) in [5.74, 6) is 0.775. The molecule has 6 nitrogen and oxygen atoms in total. The molecule has 0 radical (unpaired) electrons. The van der Waals surface area contributed by atoms with Gasteiger partial charge < -0.3 is 14.2 Å². The van der Waals surface area contributed by atoms with Gasteiger partial charge in [-0.2, -0.15) is 4.98 Å². The molecule has 0 aliphatic carbocycles. The fourth-order valence-corrected chi connectivity index (χ4v) is 1.64. The minimum atomic E-state index is -0.610. The molecule has 0 aliphatic heterocycles. The Morgan fingerprint density at radius 3 is 2.88 bits per heavy atom. The fourth-order valence-electron chi connectivity index (χ4n) is 0.958. The van der Waals surface area contributed by atoms with Crippen molar-refractivity contribution in [1.82, 2.24) is 9.97 Å². The van der Waals surface area contributed by atoms with Gasteiger partial charge in [0.2, 0.25) is 5.82 Å². The van der Waals surface area contributed by atoms with Crippen molar-refractivity contribution in [3.8, 4) is 11.6 Å². The molecule has 1 aromatic heterocycles. The van der Waals surface area contributed by atoms with Crippen molar-refractivity contribution >= 4 is 36.1 Å². The van der Waals surface area contributed by atoms with Gasteiger partial charge in [-0.1, -0.05) is 8.93 Å². The highest BCUT2D eigenvalue weighted by molar-refractivity contribution is 14.2. The highest BCUT2D eigenvalue weighted by atomic mass is 127. The van der Waals surface area contributed by atoms with E-state index in [1.165, 1.54) is 20.4 Å². The van der Waals surface area contributed by atoms with Crippen molar-refractivity contribution in [2.45, 2.75) is 0 Å². The van der Waals surface area contributed by atoms with Crippen molar-refractivity contribution in [2.24, 2.45) is 0 Å². The van der Waals surface area contributed by atoms with E-state index in [0.29, 0.717) is 12.4 Å². The van der Waals surface area contributed by atoms with Crippen LogP contribution >= 0.6 is 30.1 Å². The Morgan fingerprint density at radius 1 is 1.53 bits per heavy atom. The van der Waals surface area contributed by atoms with E-state index >= 15 is 0 Å². The molecule has 0 amide bonds. The summed E-state index contributed by atoms with van der Waals surface area (Å²) in [5.41, 5.74) is 0. The Morgan fingerprint density at radius 2 is 2.29 bits per heavy atom. The van der Waals surface area contributed by atoms with Gasteiger partial charge in [0.25, 0.3) is 5.88 Å². The van der Waals surface area contributed by atoms with Crippen molar-refractivity contribution in [3.63, 3.8) is 0 Å². The number of rotatable bonds is 6. The average Bonchev–Trinajstić information content (AvgIpc) is 2.38. The van der Waals surface area contributed by atoms with Gasteiger partial charge in [-0.15, -0.1) is 0 Å². The number of hydrogen-bond donors (Lipinski definition) is 0. The summed E-state index contributed by atoms with van der Waals surface area (Å²) < 4.78 is 15.0. The van der Waals surface area contributed by atoms with Crippen LogP contribution in [0.5, 0.6) is 11.6 Å². The molecule has 0 N–H and O–H groups in total. The molecule has 17 heavy (non-hydrogen) atoms. The molecule has 0 aromatic carbocycles. The van der Waals surface area contributed by atoms with Crippen LogP contribution in [0.4, 0.5) is 0 Å². The van der Waals surface area contributed by atoms with Gasteiger partial charge in [-0.25, -0.2) is 9.78 Å². The number of hydrogen-bond acceptors (Lipinski definition) is 7. The van der Waals surface area contributed by atoms with Crippen LogP contribution in [0.3, 0.4) is 0 Å². The van der Waals surface area contributed by atoms with E-state index in [9.17, 15) is 4.79 Å². The first-order valence-corrected chi connectivity index (χ1v) is 8.11. The molecule has 0 aliphatic rings. The third-order valence-corrected chi connectivity index (χ3v) is 3.35. The van der Waals surface area contributed by atoms with Crippen LogP contribution in [-0.2, 0) is 4.74 Å². The average molecular weight is 370 g/mol. The van der Waals surface area contributed by atoms with Crippen molar-refractivity contribution < 1.29 is 19.0 Å². The second-order valence-corrected chi connectivity index (χ2v) is 5.22. The zero-order valence-corrected chi connectivity index (χ0v) is 12.3. The van der Waals surface area contributed by atoms with Crippen LogP contribution in [0.25, 0.3) is 0 Å². The van der Waals surface area contributed by atoms with Gasteiger partial charge in [0.15, 0.2) is 5.75 Å². The van der Waals surface area contributed by atoms with Gasteiger partial charge >= 0.3 is 5.97 Å². The Labute approximate surface area is 115 Å². The number of carbonyl (C=O) groups is 1. The number of methoxy groups -OCH3 is 2. The molecule has 1 rings (SSSR count). The molecule has 0 saturated heterocycles. The number of ether oxygens (including phenoxy) is 3. The number of carbonyl (C=O) groups excluding carboxylic acids is 1. The normalized spacial score (nSPS) is 9.82. The third-order valence-electron chi connectivity index (χ3n) is 1.71. The minimum Gasteiger partial charge on any atom is -0.490 e. The molecular formula is C9H11IN2O4S. The molecule has 0 unspecified atom stereocenters. The van der Waals surface area contributed by atoms with E-state index in [1.807, 2.05) is 0 Å². The van der Waals surface area contributed by atoms with Gasteiger partial charge in [0, 0.05) is 5.75 Å². The first kappa shape index (κ1) is 14.3. The van der Waals surface area contributed by atoms with E-state index in [1.54, 1.807) is 8.93 Å². The minimum absolute atomic E-state index is 0.0505. The predicted molar refractivity (Wildman–Crippen MR) is 71.9 cm³/mol. The lowest BCUT2D eigenvalue weighted by atomic mass is 10.5. The second-order valence-electron chi connectivity index (χ2n) is 2.72. The number of esters is 1. The summed E-state index contributed by atoms with van der Waals surface area (Å²) >= 11 is 2.17. The van der Waals surface area contributed by atoms with Gasteiger partial charge in [-0.3, -0.25) is 0 Å². The zero-order valence-electron chi connectivity index (χ0n) is 9.31. The lowest BCUT2D eigenvalue weighted by molar-refractivity contribution is 0.0585. The van der Waals surface area contributed by atoms with Crippen molar-refractivity contribution in [2.75, 3.05) is 26.6 Å². The van der Waals surface area contributed by atoms with Crippen LogP contribution < -0.4 is 9.47 Å². The molecule has 8 heteroatoms. The fraction of sp³-hybridized carbons (Fsp3) is 0.444. The highest BCUT2D eigenvalue weighted by Gasteiger charge is 2.14. The van der Waals surface area contributed by atoms with Crippen LogP contribution in [0, 0.1) is 0 Å². The molecule has 1 aromatic rings. The topological polar surface area (TPSA) is 70.5 Å². The summed E-state index contributed by atoms with van der Waals surface area (Å²) in [4.78, 5) is 19.0. The summed E-state index contributed by atoms with van der Waals surface area (Å²) in [7, 11) is 4.37. The smallest absolute Gasteiger partial charge is 0.376 e. The standard InChI is InChI=1S/C9H11IN2O4S/c1-14-6-5-11-7(9(13)15-2)12-8(6)16-3-4-17-10/h5H,3-4H2,1-2H3. The Bertz CT molecular complexity index is 391. The molecule has 1 heterocycles. The summed E-state index contributed by atoms with van der Waals surface area (Å²) in [6.07, 6.45) is 1.38. The summed E-state index contributed by atoms with van der Waals surface area (Å²) in [5, 5.41) is 0. The van der Waals surface area contributed by atoms with Crippen LogP contribution in [0.15, 0.2) is 6.20 Å². The van der Waals surface area contributed by atoms with Gasteiger partial charge in [-0.05, 0) is 21.2 Å². The maximum atomic E-state index is 11.2. The van der Waals surface area contributed by atoms with E-state index < -0.39 is 5.97 Å². The Balaban J connectivity index is 2.86. The molecule has 0 saturated carbocycles. The largest absolute Gasteiger partial charge is 0.490 e. The first-order valence-electron chi connectivity index (χ1n) is 4.58. The Kier molecular flexibility index (Phi) is 6.34. The number of halogens is 1. The van der Waals surface area contributed by atoms with Crippen molar-refractivity contribution in [1.29, 1.82) is 0 Å². The van der Waals surface area contributed by atoms with E-state index in [2.05, 4.69) is 35.9 Å². The van der Waals surface area contributed by atoms with Gasteiger partial charge in [0.1, 0.15) is 0 Å². The zero-order chi connectivity index (χ0) is 12.7. The molecule has 0 bridgehead atoms. The number of nitrogens with zero attached hydrogens (tertiary/aromatic N) is 2. The molecule has 0 spiro atoms. The van der Waals surface area contributed by atoms with Crippen LogP contribution in [-0.4, -0.2) is 42.5 Å². The van der Waals surface area contributed by atoms with Crippen LogP contribution in [0.2, 0.25) is 0 Å². The van der Waals surface area contributed by atoms with E-state index in [4.69, 9.17) is 9.47 Å². The maximum absolute atomic E-state index is 11.2. The summed E-state index contributed by atoms with van der Waals surface area (Å²) in [6, 6.07) is 0. The molecular weight excluding hydrogens is 359 g/mol. The van der Waals surface area contributed by atoms with Gasteiger partial charge in [0.05, 0.1) is 27.0 Å².